The van der Waals surface area contributed by atoms with Gasteiger partial charge in [-0.05, 0) is 12.8 Å². The van der Waals surface area contributed by atoms with E-state index in [0.29, 0.717) is 12.8 Å². The zero-order chi connectivity index (χ0) is 47.6. The predicted octanol–water partition coefficient (Wildman–Crippen LogP) is 16.1. The van der Waals surface area contributed by atoms with Crippen molar-refractivity contribution < 1.29 is 47.8 Å². The van der Waals surface area contributed by atoms with Gasteiger partial charge in [0, 0.05) is 12.8 Å². The minimum Gasteiger partial charge on any atom is -0.462 e. The summed E-state index contributed by atoms with van der Waals surface area (Å²) in [6.45, 7) is 2.47. The van der Waals surface area contributed by atoms with Gasteiger partial charge in [0.1, 0.15) is 12.7 Å². The number of hydrogen-bond donors (Lipinski definition) is 3. The molecule has 65 heavy (non-hydrogen) atoms. The van der Waals surface area contributed by atoms with Crippen molar-refractivity contribution in [1.29, 1.82) is 0 Å². The fourth-order valence-electron chi connectivity index (χ4n) is 8.47. The number of carbonyl (C=O) groups is 2. The highest BCUT2D eigenvalue weighted by atomic mass is 31.2. The van der Waals surface area contributed by atoms with Crippen LogP contribution in [0.1, 0.15) is 296 Å². The number of phosphoric acid groups is 1. The van der Waals surface area contributed by atoms with Gasteiger partial charge in [-0.2, -0.15) is 0 Å². The first-order valence-electron chi connectivity index (χ1n) is 28.0. The van der Waals surface area contributed by atoms with Crippen molar-refractivity contribution in [3.63, 3.8) is 0 Å². The van der Waals surface area contributed by atoms with E-state index in [1.54, 1.807) is 0 Å². The Bertz CT molecular complexity index is 1040. The van der Waals surface area contributed by atoms with E-state index >= 15 is 0 Å². The third kappa shape index (κ3) is 50.7. The second-order valence-electron chi connectivity index (χ2n) is 19.3. The molecule has 388 valence electrons. The molecule has 0 spiro atoms. The Morgan fingerprint density at radius 1 is 0.400 bits per heavy atom. The molecule has 0 aliphatic rings. The molecule has 0 radical (unpaired) electrons. The summed E-state index contributed by atoms with van der Waals surface area (Å²) in [6, 6.07) is 0. The van der Waals surface area contributed by atoms with Crippen LogP contribution in [-0.4, -0.2) is 65.7 Å². The monoisotopic (exact) mass is 947 g/mol. The minimum absolute atomic E-state index is 0.193. The first-order chi connectivity index (χ1) is 31.7. The molecule has 3 N–H and O–H groups in total. The fourth-order valence-corrected chi connectivity index (χ4v) is 9.26. The molecular weight excluding hydrogens is 840 g/mol. The largest absolute Gasteiger partial charge is 0.472 e. The maximum atomic E-state index is 12.7. The van der Waals surface area contributed by atoms with Crippen LogP contribution >= 0.6 is 7.82 Å². The van der Waals surface area contributed by atoms with E-state index in [1.807, 2.05) is 0 Å². The summed E-state index contributed by atoms with van der Waals surface area (Å²) < 4.78 is 33.0. The van der Waals surface area contributed by atoms with Crippen LogP contribution < -0.4 is 0 Å². The zero-order valence-corrected chi connectivity index (χ0v) is 43.6. The standard InChI is InChI=1S/C54H107O10P/c1-3-5-7-9-11-13-15-17-19-21-23-25-26-28-29-31-33-35-37-39-41-43-45-53(57)61-49-52(50-63-65(59,60)62-48-51(56)47-55)64-54(58)46-44-42-40-38-36-34-32-30-27-24-22-20-18-16-14-12-10-8-6-4-2/h51-52,55-56H,3-50H2,1-2H3,(H,59,60)/t51-,52+/m0/s1. The van der Waals surface area contributed by atoms with Crippen LogP contribution in [-0.2, 0) is 32.7 Å². The van der Waals surface area contributed by atoms with Crippen LogP contribution in [0.25, 0.3) is 0 Å². The summed E-state index contributed by atoms with van der Waals surface area (Å²) in [4.78, 5) is 35.3. The van der Waals surface area contributed by atoms with Crippen molar-refractivity contribution in [2.75, 3.05) is 26.4 Å². The Labute approximate surface area is 401 Å². The van der Waals surface area contributed by atoms with Gasteiger partial charge in [0.15, 0.2) is 6.10 Å². The van der Waals surface area contributed by atoms with E-state index in [4.69, 9.17) is 23.6 Å². The number of aliphatic hydroxyl groups excluding tert-OH is 2. The van der Waals surface area contributed by atoms with Gasteiger partial charge < -0.3 is 24.6 Å². The minimum atomic E-state index is -4.62. The van der Waals surface area contributed by atoms with E-state index in [2.05, 4.69) is 13.8 Å². The molecule has 0 aromatic carbocycles. The van der Waals surface area contributed by atoms with Gasteiger partial charge in [0.05, 0.1) is 19.8 Å². The number of aliphatic hydroxyl groups is 2. The van der Waals surface area contributed by atoms with Crippen LogP contribution in [0, 0.1) is 0 Å². The third-order valence-corrected chi connectivity index (χ3v) is 13.7. The van der Waals surface area contributed by atoms with Crippen molar-refractivity contribution in [3.05, 3.63) is 0 Å². The van der Waals surface area contributed by atoms with E-state index in [0.717, 1.165) is 32.1 Å². The number of rotatable bonds is 54. The van der Waals surface area contributed by atoms with Crippen LogP contribution in [0.5, 0.6) is 0 Å². The van der Waals surface area contributed by atoms with Gasteiger partial charge in [-0.3, -0.25) is 18.6 Å². The first-order valence-corrected chi connectivity index (χ1v) is 29.5. The highest BCUT2D eigenvalue weighted by Crippen LogP contribution is 2.43. The molecule has 1 unspecified atom stereocenters. The van der Waals surface area contributed by atoms with Gasteiger partial charge in [0.2, 0.25) is 0 Å². The molecule has 11 heteroatoms. The van der Waals surface area contributed by atoms with Gasteiger partial charge in [-0.15, -0.1) is 0 Å². The molecule has 0 fully saturated rings. The van der Waals surface area contributed by atoms with Gasteiger partial charge >= 0.3 is 19.8 Å². The molecule has 0 rings (SSSR count). The van der Waals surface area contributed by atoms with Gasteiger partial charge in [-0.25, -0.2) is 4.57 Å². The molecule has 0 amide bonds. The average Bonchev–Trinajstić information content (AvgIpc) is 3.30. The lowest BCUT2D eigenvalue weighted by Gasteiger charge is -2.20. The molecule has 0 saturated heterocycles. The maximum Gasteiger partial charge on any atom is 0.472 e. The molecule has 3 atom stereocenters. The molecule has 0 heterocycles. The summed E-state index contributed by atoms with van der Waals surface area (Å²) in [6.07, 6.45) is 52.2. The molecule has 0 aromatic heterocycles. The van der Waals surface area contributed by atoms with Crippen molar-refractivity contribution >= 4 is 19.8 Å². The molecule has 10 nitrogen and oxygen atoms in total. The Morgan fingerprint density at radius 2 is 0.662 bits per heavy atom. The maximum absolute atomic E-state index is 12.7. The number of ether oxygens (including phenoxy) is 2. The predicted molar refractivity (Wildman–Crippen MR) is 270 cm³/mol. The smallest absolute Gasteiger partial charge is 0.462 e. The second-order valence-corrected chi connectivity index (χ2v) is 20.8. The summed E-state index contributed by atoms with van der Waals surface area (Å²) >= 11 is 0. The van der Waals surface area contributed by atoms with E-state index in [-0.39, 0.29) is 19.4 Å². The van der Waals surface area contributed by atoms with E-state index < -0.39 is 51.8 Å². The molecule has 0 saturated carbocycles. The van der Waals surface area contributed by atoms with E-state index in [1.165, 1.54) is 225 Å². The van der Waals surface area contributed by atoms with Crippen LogP contribution in [0.2, 0.25) is 0 Å². The molecule has 0 aromatic rings. The summed E-state index contributed by atoms with van der Waals surface area (Å²) in [5, 5.41) is 18.4. The molecular formula is C54H107O10P. The summed E-state index contributed by atoms with van der Waals surface area (Å²) in [5.41, 5.74) is 0. The lowest BCUT2D eigenvalue weighted by Crippen LogP contribution is -2.29. The normalized spacial score (nSPS) is 13.5. The Kier molecular flexibility index (Phi) is 50.0. The van der Waals surface area contributed by atoms with Crippen LogP contribution in [0.4, 0.5) is 0 Å². The van der Waals surface area contributed by atoms with Gasteiger partial charge in [-0.1, -0.05) is 271 Å². The number of unbranched alkanes of at least 4 members (excludes halogenated alkanes) is 40. The highest BCUT2D eigenvalue weighted by molar-refractivity contribution is 7.47. The lowest BCUT2D eigenvalue weighted by atomic mass is 10.0. The number of carbonyl (C=O) groups excluding carboxylic acids is 2. The van der Waals surface area contributed by atoms with Crippen molar-refractivity contribution in [3.8, 4) is 0 Å². The Morgan fingerprint density at radius 3 is 0.954 bits per heavy atom. The lowest BCUT2D eigenvalue weighted by molar-refractivity contribution is -0.161. The van der Waals surface area contributed by atoms with Crippen molar-refractivity contribution in [2.24, 2.45) is 0 Å². The SMILES string of the molecule is CCCCCCCCCCCCCCCCCCCCCCCCC(=O)OC[C@H](COP(=O)(O)OC[C@@H](O)CO)OC(=O)CCCCCCCCCCCCCCCCCCCCCC. The van der Waals surface area contributed by atoms with Crippen molar-refractivity contribution in [2.45, 2.75) is 309 Å². The van der Waals surface area contributed by atoms with Gasteiger partial charge in [0.25, 0.3) is 0 Å². The number of hydrogen-bond acceptors (Lipinski definition) is 9. The first kappa shape index (κ1) is 64.0. The second kappa shape index (κ2) is 50.8. The summed E-state index contributed by atoms with van der Waals surface area (Å²) in [7, 11) is -4.62. The van der Waals surface area contributed by atoms with Crippen LogP contribution in [0.15, 0.2) is 0 Å². The molecule has 0 aliphatic heterocycles. The Balaban J connectivity index is 4.06. The molecule has 0 aliphatic carbocycles. The third-order valence-electron chi connectivity index (χ3n) is 12.8. The quantitative estimate of drug-likeness (QED) is 0.0306. The fraction of sp³-hybridized carbons (Fsp3) is 0.963. The molecule has 0 bridgehead atoms. The number of phosphoric ester groups is 1. The Hall–Kier alpha value is -1.03. The van der Waals surface area contributed by atoms with E-state index in [9.17, 15) is 24.2 Å². The highest BCUT2D eigenvalue weighted by Gasteiger charge is 2.27. The average molecular weight is 947 g/mol. The van der Waals surface area contributed by atoms with Crippen LogP contribution in [0.3, 0.4) is 0 Å². The number of esters is 2. The topological polar surface area (TPSA) is 149 Å². The zero-order valence-electron chi connectivity index (χ0n) is 42.7. The van der Waals surface area contributed by atoms with Crippen molar-refractivity contribution in [1.82, 2.24) is 0 Å². The summed E-state index contributed by atoms with van der Waals surface area (Å²) in [5.74, 6) is -0.899.